The van der Waals surface area contributed by atoms with Crippen LogP contribution in [-0.2, 0) is 22.9 Å². The summed E-state index contributed by atoms with van der Waals surface area (Å²) in [4.78, 5) is 4.41. The van der Waals surface area contributed by atoms with Crippen LogP contribution in [-0.4, -0.2) is 32.0 Å². The van der Waals surface area contributed by atoms with Crippen molar-refractivity contribution in [3.8, 4) is 22.8 Å². The molecule has 2 aliphatic carbocycles. The predicted molar refractivity (Wildman–Crippen MR) is 130 cm³/mol. The summed E-state index contributed by atoms with van der Waals surface area (Å²) in [5.41, 5.74) is 7.27. The Kier molecular flexibility index (Phi) is 5.87. The number of pyridine rings is 1. The van der Waals surface area contributed by atoms with Gasteiger partial charge in [0, 0.05) is 24.1 Å². The zero-order chi connectivity index (χ0) is 23.0. The van der Waals surface area contributed by atoms with Gasteiger partial charge in [-0.05, 0) is 84.0 Å². The van der Waals surface area contributed by atoms with Gasteiger partial charge < -0.3 is 9.47 Å². The third-order valence-electron chi connectivity index (χ3n) is 6.56. The molecule has 0 spiro atoms. The van der Waals surface area contributed by atoms with Crippen molar-refractivity contribution in [3.05, 3.63) is 77.0 Å². The Hall–Kier alpha value is -2.86. The SMILES string of the molecule is Cc1cc(OCCCS(C)(=O)=O)ncc1-c1cccc(COc2ccc3c(c2)CC2CC32)c1. The lowest BCUT2D eigenvalue weighted by atomic mass is 10.0. The van der Waals surface area contributed by atoms with Crippen molar-refractivity contribution in [2.24, 2.45) is 5.92 Å². The molecule has 1 heterocycles. The van der Waals surface area contributed by atoms with Gasteiger partial charge in [-0.15, -0.1) is 0 Å². The minimum atomic E-state index is -2.97. The fourth-order valence-electron chi connectivity index (χ4n) is 4.75. The van der Waals surface area contributed by atoms with Crippen LogP contribution in [0.5, 0.6) is 11.6 Å². The molecule has 2 atom stereocenters. The van der Waals surface area contributed by atoms with E-state index in [1.165, 1.54) is 30.2 Å². The standard InChI is InChI=1S/C27H29NO4S/c1-18-11-27(31-9-4-10-33(2,29)30)28-16-26(18)20-6-3-5-19(12-20)17-32-23-7-8-24-21(14-23)13-22-15-25(22)24/h3,5-8,11-12,14,16,22,25H,4,9-10,13,15,17H2,1-2H3. The van der Waals surface area contributed by atoms with Gasteiger partial charge in [-0.25, -0.2) is 13.4 Å². The molecule has 0 amide bonds. The van der Waals surface area contributed by atoms with Gasteiger partial charge in [-0.1, -0.05) is 24.3 Å². The van der Waals surface area contributed by atoms with Gasteiger partial charge in [0.05, 0.1) is 12.4 Å². The first-order valence-electron chi connectivity index (χ1n) is 11.5. The minimum Gasteiger partial charge on any atom is -0.489 e. The van der Waals surface area contributed by atoms with Crippen LogP contribution in [0.4, 0.5) is 0 Å². The van der Waals surface area contributed by atoms with E-state index < -0.39 is 9.84 Å². The van der Waals surface area contributed by atoms with Crippen LogP contribution < -0.4 is 9.47 Å². The first kappa shape index (κ1) is 22.0. The van der Waals surface area contributed by atoms with Crippen LogP contribution in [0.25, 0.3) is 11.1 Å². The van der Waals surface area contributed by atoms with Gasteiger partial charge in [0.2, 0.25) is 5.88 Å². The fourth-order valence-corrected chi connectivity index (χ4v) is 5.39. The number of nitrogens with zero attached hydrogens (tertiary/aromatic N) is 1. The maximum atomic E-state index is 11.2. The van der Waals surface area contributed by atoms with Crippen LogP contribution in [0.3, 0.4) is 0 Å². The molecule has 3 aromatic rings. The highest BCUT2D eigenvalue weighted by Gasteiger charge is 2.44. The van der Waals surface area contributed by atoms with E-state index in [1.54, 1.807) is 0 Å². The molecule has 33 heavy (non-hydrogen) atoms. The average molecular weight is 464 g/mol. The molecular weight excluding hydrogens is 434 g/mol. The maximum absolute atomic E-state index is 11.2. The largest absolute Gasteiger partial charge is 0.489 e. The van der Waals surface area contributed by atoms with Crippen molar-refractivity contribution in [3.63, 3.8) is 0 Å². The Labute approximate surface area is 195 Å². The molecule has 2 aliphatic rings. The van der Waals surface area contributed by atoms with Gasteiger partial charge in [0.1, 0.15) is 22.2 Å². The predicted octanol–water partition coefficient (Wildman–Crippen LogP) is 5.11. The second kappa shape index (κ2) is 8.82. The van der Waals surface area contributed by atoms with Gasteiger partial charge in [0.25, 0.3) is 0 Å². The van der Waals surface area contributed by atoms with Gasteiger partial charge >= 0.3 is 0 Å². The van der Waals surface area contributed by atoms with E-state index in [0.29, 0.717) is 25.5 Å². The maximum Gasteiger partial charge on any atom is 0.213 e. The molecule has 1 saturated carbocycles. The molecule has 0 N–H and O–H groups in total. The number of sulfone groups is 1. The smallest absolute Gasteiger partial charge is 0.213 e. The molecule has 0 bridgehead atoms. The summed E-state index contributed by atoms with van der Waals surface area (Å²) in [5, 5.41) is 0. The first-order chi connectivity index (χ1) is 15.9. The van der Waals surface area contributed by atoms with E-state index in [9.17, 15) is 8.42 Å². The number of hydrogen-bond acceptors (Lipinski definition) is 5. The summed E-state index contributed by atoms with van der Waals surface area (Å²) in [6.07, 6.45) is 6.07. The summed E-state index contributed by atoms with van der Waals surface area (Å²) in [6.45, 7) is 2.88. The molecule has 2 aromatic carbocycles. The number of fused-ring (bicyclic) bond motifs is 3. The third-order valence-corrected chi connectivity index (χ3v) is 7.59. The Bertz CT molecular complexity index is 1290. The lowest BCUT2D eigenvalue weighted by Crippen LogP contribution is -2.08. The number of rotatable bonds is 9. The number of aryl methyl sites for hydroxylation is 1. The highest BCUT2D eigenvalue weighted by atomic mass is 32.2. The van der Waals surface area contributed by atoms with Gasteiger partial charge in [0.15, 0.2) is 0 Å². The molecule has 1 fully saturated rings. The lowest BCUT2D eigenvalue weighted by molar-refractivity contribution is 0.305. The summed E-state index contributed by atoms with van der Waals surface area (Å²) >= 11 is 0. The summed E-state index contributed by atoms with van der Waals surface area (Å²) < 4.78 is 34.2. The number of hydrogen-bond donors (Lipinski definition) is 0. The van der Waals surface area contributed by atoms with E-state index in [1.807, 2.05) is 25.3 Å². The van der Waals surface area contributed by atoms with E-state index in [0.717, 1.165) is 39.8 Å². The van der Waals surface area contributed by atoms with E-state index in [2.05, 4.69) is 41.4 Å². The third kappa shape index (κ3) is 5.22. The second-order valence-corrected chi connectivity index (χ2v) is 11.6. The Morgan fingerprint density at radius 3 is 2.79 bits per heavy atom. The molecule has 2 unspecified atom stereocenters. The molecule has 0 aliphatic heterocycles. The topological polar surface area (TPSA) is 65.5 Å². The molecular formula is C27H29NO4S. The normalized spacial score (nSPS) is 18.5. The van der Waals surface area contributed by atoms with Crippen molar-refractivity contribution in [2.75, 3.05) is 18.6 Å². The lowest BCUT2D eigenvalue weighted by Gasteiger charge is -2.12. The van der Waals surface area contributed by atoms with Crippen molar-refractivity contribution in [1.29, 1.82) is 0 Å². The van der Waals surface area contributed by atoms with Crippen LogP contribution in [0.15, 0.2) is 54.7 Å². The average Bonchev–Trinajstić information content (AvgIpc) is 3.45. The fraction of sp³-hybridized carbons (Fsp3) is 0.370. The monoisotopic (exact) mass is 463 g/mol. The van der Waals surface area contributed by atoms with Crippen LogP contribution in [0.1, 0.15) is 41.0 Å². The quantitative estimate of drug-likeness (QED) is 0.413. The number of aromatic nitrogens is 1. The first-order valence-corrected chi connectivity index (χ1v) is 13.5. The summed E-state index contributed by atoms with van der Waals surface area (Å²) in [5.74, 6) is 3.26. The van der Waals surface area contributed by atoms with Crippen LogP contribution in [0.2, 0.25) is 0 Å². The van der Waals surface area contributed by atoms with E-state index in [-0.39, 0.29) is 5.75 Å². The van der Waals surface area contributed by atoms with Gasteiger partial charge in [-0.3, -0.25) is 0 Å². The molecule has 6 heteroatoms. The highest BCUT2D eigenvalue weighted by molar-refractivity contribution is 7.90. The molecule has 1 aromatic heterocycles. The Morgan fingerprint density at radius 2 is 1.97 bits per heavy atom. The highest BCUT2D eigenvalue weighted by Crippen LogP contribution is 2.56. The second-order valence-electron chi connectivity index (χ2n) is 9.33. The molecule has 0 radical (unpaired) electrons. The molecule has 0 saturated heterocycles. The van der Waals surface area contributed by atoms with Crippen LogP contribution >= 0.6 is 0 Å². The van der Waals surface area contributed by atoms with Crippen molar-refractivity contribution in [1.82, 2.24) is 4.98 Å². The molecule has 5 nitrogen and oxygen atoms in total. The van der Waals surface area contributed by atoms with E-state index >= 15 is 0 Å². The zero-order valence-electron chi connectivity index (χ0n) is 19.1. The Morgan fingerprint density at radius 1 is 1.09 bits per heavy atom. The van der Waals surface area contributed by atoms with Crippen molar-refractivity contribution in [2.45, 2.75) is 38.7 Å². The zero-order valence-corrected chi connectivity index (χ0v) is 19.9. The minimum absolute atomic E-state index is 0.116. The molecule has 172 valence electrons. The van der Waals surface area contributed by atoms with Crippen LogP contribution in [0, 0.1) is 12.8 Å². The number of ether oxygens (including phenoxy) is 2. The Balaban J connectivity index is 1.21. The van der Waals surface area contributed by atoms with Crippen molar-refractivity contribution < 1.29 is 17.9 Å². The van der Waals surface area contributed by atoms with Gasteiger partial charge in [-0.2, -0.15) is 0 Å². The summed E-state index contributed by atoms with van der Waals surface area (Å²) in [7, 11) is -2.97. The van der Waals surface area contributed by atoms with E-state index in [4.69, 9.17) is 9.47 Å². The van der Waals surface area contributed by atoms with Crippen molar-refractivity contribution >= 4 is 9.84 Å². The number of benzene rings is 2. The molecule has 5 rings (SSSR count). The summed E-state index contributed by atoms with van der Waals surface area (Å²) in [6, 6.07) is 16.8.